The molecule has 212 valence electrons. The Balaban J connectivity index is 1.78. The summed E-state index contributed by atoms with van der Waals surface area (Å²) in [5, 5.41) is 9.16. The summed E-state index contributed by atoms with van der Waals surface area (Å²) in [6, 6.07) is -0.742. The highest BCUT2D eigenvalue weighted by molar-refractivity contribution is 6.00. The van der Waals surface area contributed by atoms with Gasteiger partial charge in [0.2, 0.25) is 17.7 Å². The number of amides is 3. The molecule has 38 heavy (non-hydrogen) atoms. The molecule has 2 saturated heterocycles. The van der Waals surface area contributed by atoms with Crippen LogP contribution in [0.1, 0.15) is 79.1 Å². The zero-order valence-corrected chi connectivity index (χ0v) is 23.7. The maximum Gasteiger partial charge on any atom is 0.249 e. The first kappa shape index (κ1) is 28.8. The number of rotatable bonds is 12. The number of fused-ring (bicyclic) bond motifs is 2. The summed E-state index contributed by atoms with van der Waals surface area (Å²) in [5.41, 5.74) is -2.09. The summed E-state index contributed by atoms with van der Waals surface area (Å²) < 4.78 is 7.01. The second kappa shape index (κ2) is 11.9. The molecule has 3 amide bonds. The van der Waals surface area contributed by atoms with Crippen molar-refractivity contribution >= 4 is 17.7 Å². The van der Waals surface area contributed by atoms with Crippen LogP contribution in [-0.2, 0) is 19.1 Å². The van der Waals surface area contributed by atoms with Crippen molar-refractivity contribution in [2.24, 2.45) is 11.8 Å². The molecule has 0 aromatic heterocycles. The summed E-state index contributed by atoms with van der Waals surface area (Å²) in [6.45, 7) is 10.5. The first-order chi connectivity index (χ1) is 18.3. The maximum atomic E-state index is 14.4. The first-order valence-corrected chi connectivity index (χ1v) is 14.9. The molecule has 0 aromatic carbocycles. The number of likely N-dealkylation sites (tertiary alicyclic amines) is 1. The minimum atomic E-state index is -1.17. The van der Waals surface area contributed by atoms with E-state index in [4.69, 9.17) is 9.84 Å². The standard InChI is InChI=1S/C30H47N3O5/c1-5-14-22(4)32-20-13-16-30-24(27(36)33(25(30)28(32)37)19-10-8-9-11-21-34)23-26(35)31(17-6-2)18-12-15-29(23,7-3)38-30/h12-13,15-16,22-25,34H,5-11,14,17-21H2,1-4H3/t22?,23-,24-,25?,29+,30-/m0/s1. The number of unbranched alkanes of at least 4 members (excludes halogenated alkanes) is 3. The largest absolute Gasteiger partial charge is 0.396 e. The monoisotopic (exact) mass is 529 g/mol. The molecule has 4 aliphatic rings. The van der Waals surface area contributed by atoms with Crippen molar-refractivity contribution in [2.45, 2.75) is 102 Å². The van der Waals surface area contributed by atoms with Crippen molar-refractivity contribution in [3.8, 4) is 0 Å². The number of carbonyl (C=O) groups is 3. The van der Waals surface area contributed by atoms with E-state index >= 15 is 0 Å². The Labute approximate surface area is 228 Å². The fourth-order valence-electron chi connectivity index (χ4n) is 7.26. The van der Waals surface area contributed by atoms with Crippen LogP contribution in [0.3, 0.4) is 0 Å². The molecule has 0 bridgehead atoms. The Kier molecular flexibility index (Phi) is 9.03. The number of hydrogen-bond donors (Lipinski definition) is 1. The minimum absolute atomic E-state index is 0.0428. The zero-order valence-electron chi connectivity index (χ0n) is 23.7. The molecular weight excluding hydrogens is 482 g/mol. The van der Waals surface area contributed by atoms with Gasteiger partial charge in [0.05, 0.1) is 17.4 Å². The van der Waals surface area contributed by atoms with Crippen molar-refractivity contribution < 1.29 is 24.2 Å². The lowest BCUT2D eigenvalue weighted by molar-refractivity contribution is -0.155. The average Bonchev–Trinajstić information content (AvgIpc) is 3.18. The Hall–Kier alpha value is -2.19. The van der Waals surface area contributed by atoms with Gasteiger partial charge in [-0.25, -0.2) is 0 Å². The predicted molar refractivity (Wildman–Crippen MR) is 146 cm³/mol. The van der Waals surface area contributed by atoms with Gasteiger partial charge in [-0.05, 0) is 39.0 Å². The highest BCUT2D eigenvalue weighted by atomic mass is 16.5. The molecule has 1 N–H and O–H groups in total. The predicted octanol–water partition coefficient (Wildman–Crippen LogP) is 3.30. The molecular formula is C30H47N3O5. The number of carbonyl (C=O) groups excluding carboxylic acids is 3. The summed E-state index contributed by atoms with van der Waals surface area (Å²) >= 11 is 0. The second-order valence-corrected chi connectivity index (χ2v) is 11.5. The lowest BCUT2D eigenvalue weighted by atomic mass is 9.73. The van der Waals surface area contributed by atoms with Gasteiger partial charge in [0.25, 0.3) is 0 Å². The smallest absolute Gasteiger partial charge is 0.249 e. The zero-order chi connectivity index (χ0) is 27.5. The highest BCUT2D eigenvalue weighted by Gasteiger charge is 2.75. The number of ether oxygens (including phenoxy) is 1. The van der Waals surface area contributed by atoms with E-state index < -0.39 is 29.1 Å². The van der Waals surface area contributed by atoms with Gasteiger partial charge in [0.1, 0.15) is 11.6 Å². The third-order valence-corrected chi connectivity index (χ3v) is 9.09. The lowest BCUT2D eigenvalue weighted by Gasteiger charge is -2.39. The number of nitrogens with zero attached hydrogens (tertiary/aromatic N) is 3. The Morgan fingerprint density at radius 3 is 2.34 bits per heavy atom. The van der Waals surface area contributed by atoms with E-state index in [1.807, 2.05) is 41.0 Å². The van der Waals surface area contributed by atoms with E-state index in [2.05, 4.69) is 20.8 Å². The minimum Gasteiger partial charge on any atom is -0.396 e. The normalized spacial score (nSPS) is 33.3. The molecule has 4 aliphatic heterocycles. The molecule has 1 spiro atoms. The van der Waals surface area contributed by atoms with Gasteiger partial charge in [0.15, 0.2) is 0 Å². The van der Waals surface area contributed by atoms with Crippen LogP contribution in [-0.4, -0.2) is 93.6 Å². The fourth-order valence-corrected chi connectivity index (χ4v) is 7.26. The summed E-state index contributed by atoms with van der Waals surface area (Å²) in [6.07, 6.45) is 14.4. The molecule has 0 aromatic rings. The van der Waals surface area contributed by atoms with Gasteiger partial charge in [-0.1, -0.05) is 64.3 Å². The van der Waals surface area contributed by atoms with Crippen molar-refractivity contribution in [1.29, 1.82) is 0 Å². The van der Waals surface area contributed by atoms with Crippen LogP contribution in [0.25, 0.3) is 0 Å². The summed E-state index contributed by atoms with van der Waals surface area (Å²) in [4.78, 5) is 48.3. The molecule has 4 rings (SSSR count). The van der Waals surface area contributed by atoms with E-state index in [9.17, 15) is 14.4 Å². The molecule has 0 radical (unpaired) electrons. The Morgan fingerprint density at radius 2 is 1.66 bits per heavy atom. The summed E-state index contributed by atoms with van der Waals surface area (Å²) in [5.74, 6) is -1.66. The maximum absolute atomic E-state index is 14.4. The SMILES string of the molecule is CCCC(C)N1CC=C[C@]23O[C@]4(CC)C=CCN(CCC)C(=O)[C@@H]4[C@H]2C(=O)N(CCCCCCO)C3C1=O. The van der Waals surface area contributed by atoms with Gasteiger partial charge in [-0.3, -0.25) is 14.4 Å². The van der Waals surface area contributed by atoms with Crippen LogP contribution in [0.15, 0.2) is 24.3 Å². The van der Waals surface area contributed by atoms with Crippen molar-refractivity contribution in [2.75, 3.05) is 32.8 Å². The van der Waals surface area contributed by atoms with Gasteiger partial charge >= 0.3 is 0 Å². The van der Waals surface area contributed by atoms with Gasteiger partial charge in [0, 0.05) is 38.8 Å². The molecule has 4 heterocycles. The number of hydrogen-bond acceptors (Lipinski definition) is 5. The molecule has 8 heteroatoms. The number of aliphatic hydroxyl groups is 1. The topological polar surface area (TPSA) is 90.4 Å². The molecule has 0 aliphatic carbocycles. The quantitative estimate of drug-likeness (QED) is 0.310. The molecule has 2 unspecified atom stereocenters. The third kappa shape index (κ3) is 4.72. The van der Waals surface area contributed by atoms with Gasteiger partial charge < -0.3 is 24.5 Å². The van der Waals surface area contributed by atoms with E-state index in [-0.39, 0.29) is 30.4 Å². The van der Waals surface area contributed by atoms with Gasteiger partial charge in [-0.15, -0.1) is 0 Å². The second-order valence-electron chi connectivity index (χ2n) is 11.5. The molecule has 0 saturated carbocycles. The van der Waals surface area contributed by atoms with E-state index in [1.54, 1.807) is 4.90 Å². The Bertz CT molecular complexity index is 950. The number of aliphatic hydroxyl groups excluding tert-OH is 1. The molecule has 8 nitrogen and oxygen atoms in total. The van der Waals surface area contributed by atoms with E-state index in [0.717, 1.165) is 44.9 Å². The lowest BCUT2D eigenvalue weighted by Crippen LogP contribution is -2.57. The first-order valence-electron chi connectivity index (χ1n) is 14.9. The molecule has 2 fully saturated rings. The Morgan fingerprint density at radius 1 is 0.921 bits per heavy atom. The van der Waals surface area contributed by atoms with E-state index in [0.29, 0.717) is 32.6 Å². The van der Waals surface area contributed by atoms with Crippen LogP contribution in [0.2, 0.25) is 0 Å². The van der Waals surface area contributed by atoms with Crippen LogP contribution in [0.5, 0.6) is 0 Å². The summed E-state index contributed by atoms with van der Waals surface area (Å²) in [7, 11) is 0. The van der Waals surface area contributed by atoms with Crippen LogP contribution >= 0.6 is 0 Å². The molecule has 6 atom stereocenters. The van der Waals surface area contributed by atoms with E-state index in [1.165, 1.54) is 0 Å². The highest BCUT2D eigenvalue weighted by Crippen LogP contribution is 2.58. The van der Waals surface area contributed by atoms with Crippen LogP contribution < -0.4 is 0 Å². The van der Waals surface area contributed by atoms with Crippen molar-refractivity contribution in [3.63, 3.8) is 0 Å². The fraction of sp³-hybridized carbons (Fsp3) is 0.767. The van der Waals surface area contributed by atoms with Gasteiger partial charge in [-0.2, -0.15) is 0 Å². The third-order valence-electron chi connectivity index (χ3n) is 9.09. The van der Waals surface area contributed by atoms with Crippen molar-refractivity contribution in [3.05, 3.63) is 24.3 Å². The average molecular weight is 530 g/mol. The van der Waals surface area contributed by atoms with Crippen LogP contribution in [0, 0.1) is 11.8 Å². The van der Waals surface area contributed by atoms with Crippen LogP contribution in [0.4, 0.5) is 0 Å². The van der Waals surface area contributed by atoms with Crippen molar-refractivity contribution in [1.82, 2.24) is 14.7 Å².